The van der Waals surface area contributed by atoms with Crippen molar-refractivity contribution in [3.05, 3.63) is 29.8 Å². The number of nitriles is 1. The van der Waals surface area contributed by atoms with Gasteiger partial charge < -0.3 is 9.47 Å². The van der Waals surface area contributed by atoms with Crippen LogP contribution < -0.4 is 4.90 Å². The van der Waals surface area contributed by atoms with Gasteiger partial charge in [0.05, 0.1) is 24.3 Å². The lowest BCUT2D eigenvalue weighted by Crippen LogP contribution is -2.45. The summed E-state index contributed by atoms with van der Waals surface area (Å²) in [7, 11) is 1.26. The van der Waals surface area contributed by atoms with Gasteiger partial charge in [-0.3, -0.25) is 4.79 Å². The summed E-state index contributed by atoms with van der Waals surface area (Å²) >= 11 is 0. The number of carbonyl (C=O) groups is 2. The SMILES string of the molecule is COC(=O)N1c2ccccc2[C@]2(C)C(C#N)C(=O)O[C@H]12. The Labute approximate surface area is 115 Å². The Balaban J connectivity index is 2.23. The van der Waals surface area contributed by atoms with Crippen LogP contribution in [-0.2, 0) is 19.7 Å². The average molecular weight is 272 g/mol. The minimum atomic E-state index is -0.941. The van der Waals surface area contributed by atoms with Crippen molar-refractivity contribution < 1.29 is 19.1 Å². The highest BCUT2D eigenvalue weighted by Crippen LogP contribution is 2.53. The molecule has 3 rings (SSSR count). The predicted molar refractivity (Wildman–Crippen MR) is 67.7 cm³/mol. The third-order valence-electron chi connectivity index (χ3n) is 4.06. The normalized spacial score (nSPS) is 30.2. The van der Waals surface area contributed by atoms with Gasteiger partial charge >= 0.3 is 12.1 Å². The molecule has 1 fully saturated rings. The number of amides is 1. The topological polar surface area (TPSA) is 79.6 Å². The van der Waals surface area contributed by atoms with Crippen LogP contribution in [-0.4, -0.2) is 25.4 Å². The number of hydrogen-bond acceptors (Lipinski definition) is 5. The highest BCUT2D eigenvalue weighted by atomic mass is 16.6. The Morgan fingerprint density at radius 1 is 1.50 bits per heavy atom. The third kappa shape index (κ3) is 1.27. The lowest BCUT2D eigenvalue weighted by atomic mass is 9.74. The van der Waals surface area contributed by atoms with E-state index in [1.165, 1.54) is 12.0 Å². The molecule has 0 saturated carbocycles. The van der Waals surface area contributed by atoms with Gasteiger partial charge in [0.2, 0.25) is 0 Å². The maximum absolute atomic E-state index is 12.0. The quantitative estimate of drug-likeness (QED) is 0.669. The maximum Gasteiger partial charge on any atom is 0.417 e. The number of para-hydroxylation sites is 1. The monoisotopic (exact) mass is 272 g/mol. The zero-order chi connectivity index (χ0) is 14.5. The standard InChI is InChI=1S/C14H12N2O4/c1-14-8-5-3-4-6-10(8)16(13(18)19-2)12(14)20-11(17)9(14)7-15/h3-6,9,12H,1-2H3/t9?,12-,14+/m0/s1. The Morgan fingerprint density at radius 2 is 2.20 bits per heavy atom. The first-order valence-electron chi connectivity index (χ1n) is 6.12. The highest BCUT2D eigenvalue weighted by molar-refractivity contribution is 5.95. The predicted octanol–water partition coefficient (Wildman–Crippen LogP) is 1.55. The Kier molecular flexibility index (Phi) is 2.48. The molecule has 102 valence electrons. The van der Waals surface area contributed by atoms with Gasteiger partial charge in [-0.15, -0.1) is 0 Å². The summed E-state index contributed by atoms with van der Waals surface area (Å²) in [5.74, 6) is -1.55. The number of carbonyl (C=O) groups excluding carboxylic acids is 2. The number of benzene rings is 1. The Morgan fingerprint density at radius 3 is 2.85 bits per heavy atom. The van der Waals surface area contributed by atoms with Crippen molar-refractivity contribution >= 4 is 17.7 Å². The van der Waals surface area contributed by atoms with Crippen molar-refractivity contribution in [1.29, 1.82) is 5.26 Å². The summed E-state index contributed by atoms with van der Waals surface area (Å²) in [6, 6.07) is 9.13. The number of methoxy groups -OCH3 is 1. The van der Waals surface area contributed by atoms with Crippen LogP contribution in [0.1, 0.15) is 12.5 Å². The number of hydrogen-bond donors (Lipinski definition) is 0. The van der Waals surface area contributed by atoms with Crippen LogP contribution in [0.25, 0.3) is 0 Å². The van der Waals surface area contributed by atoms with E-state index in [1.807, 2.05) is 6.07 Å². The Bertz CT molecular complexity index is 651. The molecule has 1 aromatic carbocycles. The highest BCUT2D eigenvalue weighted by Gasteiger charge is 2.64. The van der Waals surface area contributed by atoms with Gasteiger partial charge in [-0.2, -0.15) is 5.26 Å². The fourth-order valence-electron chi connectivity index (χ4n) is 3.04. The minimum absolute atomic E-state index is 0.608. The molecule has 3 atom stereocenters. The molecule has 1 unspecified atom stereocenters. The first-order valence-corrected chi connectivity index (χ1v) is 6.12. The van der Waals surface area contributed by atoms with E-state index in [1.54, 1.807) is 31.2 Å². The zero-order valence-electron chi connectivity index (χ0n) is 11.0. The van der Waals surface area contributed by atoms with E-state index < -0.39 is 29.6 Å². The fourth-order valence-corrected chi connectivity index (χ4v) is 3.04. The number of ether oxygens (including phenoxy) is 2. The second kappa shape index (κ2) is 3.97. The number of anilines is 1. The van der Waals surface area contributed by atoms with Crippen LogP contribution in [0.4, 0.5) is 10.5 Å². The van der Waals surface area contributed by atoms with Crippen LogP contribution in [0.5, 0.6) is 0 Å². The van der Waals surface area contributed by atoms with E-state index in [0.717, 1.165) is 5.56 Å². The maximum atomic E-state index is 12.0. The third-order valence-corrected chi connectivity index (χ3v) is 4.06. The Hall–Kier alpha value is -2.55. The van der Waals surface area contributed by atoms with E-state index in [0.29, 0.717) is 5.69 Å². The van der Waals surface area contributed by atoms with Crippen molar-refractivity contribution in [3.63, 3.8) is 0 Å². The molecule has 6 heteroatoms. The molecule has 0 aromatic heterocycles. The molecule has 1 aromatic rings. The molecule has 0 N–H and O–H groups in total. The van der Waals surface area contributed by atoms with Crippen molar-refractivity contribution in [2.24, 2.45) is 5.92 Å². The van der Waals surface area contributed by atoms with Gasteiger partial charge in [-0.25, -0.2) is 9.69 Å². The van der Waals surface area contributed by atoms with E-state index >= 15 is 0 Å². The molecule has 0 radical (unpaired) electrons. The molecule has 0 spiro atoms. The summed E-state index contributed by atoms with van der Waals surface area (Å²) < 4.78 is 10.0. The summed E-state index contributed by atoms with van der Waals surface area (Å²) in [6.45, 7) is 1.76. The van der Waals surface area contributed by atoms with Crippen LogP contribution in [0.3, 0.4) is 0 Å². The van der Waals surface area contributed by atoms with Crippen LogP contribution in [0.15, 0.2) is 24.3 Å². The molecule has 1 saturated heterocycles. The van der Waals surface area contributed by atoms with Gasteiger partial charge in [-0.05, 0) is 18.6 Å². The summed E-state index contributed by atoms with van der Waals surface area (Å²) in [5, 5.41) is 9.27. The van der Waals surface area contributed by atoms with Gasteiger partial charge in [0.1, 0.15) is 0 Å². The lowest BCUT2D eigenvalue weighted by Gasteiger charge is -2.26. The van der Waals surface area contributed by atoms with E-state index in [2.05, 4.69) is 0 Å². The van der Waals surface area contributed by atoms with Crippen molar-refractivity contribution in [1.82, 2.24) is 0 Å². The van der Waals surface area contributed by atoms with E-state index in [4.69, 9.17) is 9.47 Å². The molecular formula is C14H12N2O4. The summed E-state index contributed by atoms with van der Waals surface area (Å²) in [6.07, 6.45) is -1.46. The first kappa shape index (κ1) is 12.5. The zero-order valence-corrected chi connectivity index (χ0v) is 11.0. The molecular weight excluding hydrogens is 260 g/mol. The number of rotatable bonds is 0. The summed E-state index contributed by atoms with van der Waals surface area (Å²) in [4.78, 5) is 25.2. The molecule has 1 amide bonds. The van der Waals surface area contributed by atoms with Crippen molar-refractivity contribution in [2.45, 2.75) is 18.6 Å². The first-order chi connectivity index (χ1) is 9.55. The van der Waals surface area contributed by atoms with E-state index in [-0.39, 0.29) is 0 Å². The number of esters is 1. The van der Waals surface area contributed by atoms with Gasteiger partial charge in [0.25, 0.3) is 0 Å². The van der Waals surface area contributed by atoms with Crippen molar-refractivity contribution in [3.8, 4) is 6.07 Å². The molecule has 0 bridgehead atoms. The lowest BCUT2D eigenvalue weighted by molar-refractivity contribution is -0.142. The van der Waals surface area contributed by atoms with Crippen LogP contribution in [0, 0.1) is 17.2 Å². The molecule has 2 aliphatic rings. The fraction of sp³-hybridized carbons (Fsp3) is 0.357. The molecule has 0 aliphatic carbocycles. The smallest absolute Gasteiger partial charge is 0.417 e. The van der Waals surface area contributed by atoms with Gasteiger partial charge in [0.15, 0.2) is 12.1 Å². The van der Waals surface area contributed by atoms with Gasteiger partial charge in [0, 0.05) is 0 Å². The van der Waals surface area contributed by atoms with Crippen LogP contribution in [0.2, 0.25) is 0 Å². The second-order valence-electron chi connectivity index (χ2n) is 4.99. The molecule has 2 heterocycles. The number of nitrogens with zero attached hydrogens (tertiary/aromatic N) is 2. The average Bonchev–Trinajstić information content (AvgIpc) is 2.84. The minimum Gasteiger partial charge on any atom is -0.452 e. The van der Waals surface area contributed by atoms with Crippen LogP contribution >= 0.6 is 0 Å². The van der Waals surface area contributed by atoms with E-state index in [9.17, 15) is 14.9 Å². The molecule has 2 aliphatic heterocycles. The molecule has 20 heavy (non-hydrogen) atoms. The largest absolute Gasteiger partial charge is 0.452 e. The second-order valence-corrected chi connectivity index (χ2v) is 4.99. The molecule has 6 nitrogen and oxygen atoms in total. The van der Waals surface area contributed by atoms with Gasteiger partial charge in [-0.1, -0.05) is 18.2 Å². The van der Waals surface area contributed by atoms with Crippen molar-refractivity contribution in [2.75, 3.05) is 12.0 Å². The summed E-state index contributed by atoms with van der Waals surface area (Å²) in [5.41, 5.74) is 0.476. The number of fused-ring (bicyclic) bond motifs is 3.